The van der Waals surface area contributed by atoms with Gasteiger partial charge in [0.05, 0.1) is 25.3 Å². The van der Waals surface area contributed by atoms with Crippen molar-refractivity contribution in [2.75, 3.05) is 25.6 Å². The number of anilines is 1. The summed E-state index contributed by atoms with van der Waals surface area (Å²) < 4.78 is 10.4. The number of oxime groups is 1. The standard InChI is InChI=1S/C13H17N3O4/c1-19-11-6-8(12(14)16-18)2-3-10(11)15-13(17)9-4-5-20-7-9/h2-3,6,9,18H,4-5,7H2,1H3,(H2,14,16)(H,15,17). The molecule has 0 aromatic heterocycles. The van der Waals surface area contributed by atoms with Crippen molar-refractivity contribution in [3.05, 3.63) is 23.8 Å². The zero-order valence-electron chi connectivity index (χ0n) is 11.1. The molecule has 0 aliphatic carbocycles. The predicted octanol–water partition coefficient (Wildman–Crippen LogP) is 0.765. The molecular weight excluding hydrogens is 262 g/mol. The van der Waals surface area contributed by atoms with Crippen molar-refractivity contribution in [1.82, 2.24) is 0 Å². The van der Waals surface area contributed by atoms with Gasteiger partial charge in [-0.05, 0) is 24.6 Å². The van der Waals surface area contributed by atoms with E-state index in [9.17, 15) is 4.79 Å². The maximum absolute atomic E-state index is 12.0. The topological polar surface area (TPSA) is 106 Å². The SMILES string of the molecule is COc1cc(/C(N)=N/O)ccc1NC(=O)C1CCOC1. The second-order valence-electron chi connectivity index (χ2n) is 4.45. The van der Waals surface area contributed by atoms with E-state index >= 15 is 0 Å². The van der Waals surface area contributed by atoms with Crippen LogP contribution in [0.25, 0.3) is 0 Å². The first-order chi connectivity index (χ1) is 9.65. The molecule has 0 saturated carbocycles. The second kappa shape index (κ2) is 6.25. The number of amides is 1. The van der Waals surface area contributed by atoms with Crippen molar-refractivity contribution in [3.63, 3.8) is 0 Å². The van der Waals surface area contributed by atoms with E-state index in [0.717, 1.165) is 6.42 Å². The Bertz CT molecular complexity index is 524. The summed E-state index contributed by atoms with van der Waals surface area (Å²) in [6, 6.07) is 4.88. The molecular formula is C13H17N3O4. The molecule has 108 valence electrons. The van der Waals surface area contributed by atoms with Crippen LogP contribution in [0.2, 0.25) is 0 Å². The molecule has 0 radical (unpaired) electrons. The van der Waals surface area contributed by atoms with Gasteiger partial charge in [-0.25, -0.2) is 0 Å². The molecule has 1 amide bonds. The molecule has 1 unspecified atom stereocenters. The molecule has 7 heteroatoms. The quantitative estimate of drug-likeness (QED) is 0.326. The number of rotatable bonds is 4. The van der Waals surface area contributed by atoms with Crippen molar-refractivity contribution in [2.45, 2.75) is 6.42 Å². The lowest BCUT2D eigenvalue weighted by Gasteiger charge is -2.13. The zero-order chi connectivity index (χ0) is 14.5. The van der Waals surface area contributed by atoms with Crippen LogP contribution in [0.3, 0.4) is 0 Å². The van der Waals surface area contributed by atoms with Crippen LogP contribution in [-0.4, -0.2) is 37.3 Å². The molecule has 1 saturated heterocycles. The van der Waals surface area contributed by atoms with Gasteiger partial charge in [-0.3, -0.25) is 4.79 Å². The summed E-state index contributed by atoms with van der Waals surface area (Å²) in [4.78, 5) is 12.0. The molecule has 7 nitrogen and oxygen atoms in total. The molecule has 1 atom stereocenters. The number of nitrogens with two attached hydrogens (primary N) is 1. The lowest BCUT2D eigenvalue weighted by Crippen LogP contribution is -2.23. The third-order valence-corrected chi connectivity index (χ3v) is 3.16. The molecule has 1 aliphatic heterocycles. The highest BCUT2D eigenvalue weighted by molar-refractivity contribution is 5.99. The van der Waals surface area contributed by atoms with Crippen LogP contribution in [0.1, 0.15) is 12.0 Å². The summed E-state index contributed by atoms with van der Waals surface area (Å²) in [5.41, 5.74) is 6.56. The van der Waals surface area contributed by atoms with Gasteiger partial charge in [0.25, 0.3) is 0 Å². The van der Waals surface area contributed by atoms with E-state index in [4.69, 9.17) is 20.4 Å². The predicted molar refractivity (Wildman–Crippen MR) is 73.1 cm³/mol. The molecule has 20 heavy (non-hydrogen) atoms. The summed E-state index contributed by atoms with van der Waals surface area (Å²) in [5.74, 6) is 0.188. The normalized spacial score (nSPS) is 18.9. The summed E-state index contributed by atoms with van der Waals surface area (Å²) in [7, 11) is 1.49. The first kappa shape index (κ1) is 14.1. The van der Waals surface area contributed by atoms with E-state index < -0.39 is 0 Å². The Morgan fingerprint density at radius 1 is 1.60 bits per heavy atom. The van der Waals surface area contributed by atoms with Gasteiger partial charge in [0, 0.05) is 12.2 Å². The molecule has 1 aromatic carbocycles. The van der Waals surface area contributed by atoms with Gasteiger partial charge in [0.1, 0.15) is 5.75 Å². The Morgan fingerprint density at radius 3 is 3.00 bits per heavy atom. The summed E-state index contributed by atoms with van der Waals surface area (Å²) in [6.45, 7) is 1.05. The first-order valence-electron chi connectivity index (χ1n) is 6.20. The number of amidine groups is 1. The van der Waals surface area contributed by atoms with Crippen molar-refractivity contribution in [1.29, 1.82) is 0 Å². The maximum Gasteiger partial charge on any atom is 0.230 e. The van der Waals surface area contributed by atoms with E-state index in [2.05, 4.69) is 10.5 Å². The number of hydrogen-bond donors (Lipinski definition) is 3. The average Bonchev–Trinajstić information content (AvgIpc) is 3.01. The Hall–Kier alpha value is -2.28. The van der Waals surface area contributed by atoms with E-state index in [0.29, 0.717) is 30.2 Å². The monoisotopic (exact) mass is 279 g/mol. The van der Waals surface area contributed by atoms with E-state index in [1.165, 1.54) is 7.11 Å². The molecule has 0 spiro atoms. The molecule has 0 bridgehead atoms. The van der Waals surface area contributed by atoms with Gasteiger partial charge >= 0.3 is 0 Å². The number of carbonyl (C=O) groups is 1. The molecule has 1 aromatic rings. The van der Waals surface area contributed by atoms with Crippen LogP contribution in [0.4, 0.5) is 5.69 Å². The minimum Gasteiger partial charge on any atom is -0.495 e. The third kappa shape index (κ3) is 3.00. The number of hydrogen-bond acceptors (Lipinski definition) is 5. The van der Waals surface area contributed by atoms with Crippen LogP contribution in [0, 0.1) is 5.92 Å². The Kier molecular flexibility index (Phi) is 4.41. The van der Waals surface area contributed by atoms with E-state index in [-0.39, 0.29) is 17.7 Å². The molecule has 1 aliphatic rings. The number of methoxy groups -OCH3 is 1. The van der Waals surface area contributed by atoms with Crippen molar-refractivity contribution in [2.24, 2.45) is 16.8 Å². The Balaban J connectivity index is 2.17. The van der Waals surface area contributed by atoms with Gasteiger partial charge in [0.15, 0.2) is 5.84 Å². The van der Waals surface area contributed by atoms with Crippen molar-refractivity contribution >= 4 is 17.4 Å². The number of nitrogens with zero attached hydrogens (tertiary/aromatic N) is 1. The van der Waals surface area contributed by atoms with Crippen molar-refractivity contribution in [3.8, 4) is 5.75 Å². The highest BCUT2D eigenvalue weighted by Gasteiger charge is 2.24. The molecule has 2 rings (SSSR count). The van der Waals surface area contributed by atoms with Crippen LogP contribution < -0.4 is 15.8 Å². The van der Waals surface area contributed by atoms with Gasteiger partial charge in [-0.15, -0.1) is 0 Å². The highest BCUT2D eigenvalue weighted by atomic mass is 16.5. The van der Waals surface area contributed by atoms with Crippen LogP contribution in [0.15, 0.2) is 23.4 Å². The van der Waals surface area contributed by atoms with Gasteiger partial charge in [-0.2, -0.15) is 0 Å². The highest BCUT2D eigenvalue weighted by Crippen LogP contribution is 2.27. The van der Waals surface area contributed by atoms with Crippen LogP contribution >= 0.6 is 0 Å². The van der Waals surface area contributed by atoms with E-state index in [1.54, 1.807) is 18.2 Å². The minimum atomic E-state index is -0.136. The van der Waals surface area contributed by atoms with Gasteiger partial charge in [0.2, 0.25) is 5.91 Å². The van der Waals surface area contributed by atoms with Crippen LogP contribution in [-0.2, 0) is 9.53 Å². The number of benzene rings is 1. The Morgan fingerprint density at radius 2 is 2.40 bits per heavy atom. The number of carbonyl (C=O) groups excluding carboxylic acids is 1. The van der Waals surface area contributed by atoms with Crippen molar-refractivity contribution < 1.29 is 19.5 Å². The van der Waals surface area contributed by atoms with Gasteiger partial charge in [-0.1, -0.05) is 5.16 Å². The maximum atomic E-state index is 12.0. The first-order valence-corrected chi connectivity index (χ1v) is 6.20. The second-order valence-corrected chi connectivity index (χ2v) is 4.45. The zero-order valence-corrected chi connectivity index (χ0v) is 11.1. The summed E-state index contributed by atoms with van der Waals surface area (Å²) in [5, 5.41) is 14.4. The fourth-order valence-corrected chi connectivity index (χ4v) is 1.99. The fraction of sp³-hybridized carbons (Fsp3) is 0.385. The summed E-state index contributed by atoms with van der Waals surface area (Å²) >= 11 is 0. The molecule has 4 N–H and O–H groups in total. The smallest absolute Gasteiger partial charge is 0.230 e. The minimum absolute atomic E-state index is 0.0228. The molecule has 1 heterocycles. The van der Waals surface area contributed by atoms with Gasteiger partial charge < -0.3 is 25.7 Å². The Labute approximate surface area is 116 Å². The average molecular weight is 279 g/mol. The third-order valence-electron chi connectivity index (χ3n) is 3.16. The van der Waals surface area contributed by atoms with Crippen LogP contribution in [0.5, 0.6) is 5.75 Å². The largest absolute Gasteiger partial charge is 0.495 e. The molecule has 1 fully saturated rings. The summed E-state index contributed by atoms with van der Waals surface area (Å²) in [6.07, 6.45) is 0.719. The lowest BCUT2D eigenvalue weighted by molar-refractivity contribution is -0.119. The number of ether oxygens (including phenoxy) is 2. The fourth-order valence-electron chi connectivity index (χ4n) is 1.99. The lowest BCUT2D eigenvalue weighted by atomic mass is 10.1. The van der Waals surface area contributed by atoms with E-state index in [1.807, 2.05) is 0 Å². The number of nitrogens with one attached hydrogen (secondary N) is 1.